The summed E-state index contributed by atoms with van der Waals surface area (Å²) in [6, 6.07) is 9.40. The Balaban J connectivity index is 2.46. The largest absolute Gasteiger partial charge is 0.496 e. The number of pyridine rings is 1. The lowest BCUT2D eigenvalue weighted by Crippen LogP contribution is -2.28. The molecule has 0 radical (unpaired) electrons. The van der Waals surface area contributed by atoms with E-state index in [1.165, 1.54) is 0 Å². The number of carbonyl (C=O) groups is 2. The van der Waals surface area contributed by atoms with Crippen molar-refractivity contribution in [2.75, 3.05) is 12.4 Å². The zero-order valence-corrected chi connectivity index (χ0v) is 16.1. The summed E-state index contributed by atoms with van der Waals surface area (Å²) in [5, 5.41) is 2.85. The van der Waals surface area contributed by atoms with Crippen molar-refractivity contribution in [2.24, 2.45) is 5.41 Å². The molecule has 1 heterocycles. The Bertz CT molecular complexity index is 807. The quantitative estimate of drug-likeness (QED) is 0.795. The number of aldehydes is 1. The van der Waals surface area contributed by atoms with E-state index in [1.54, 1.807) is 13.2 Å². The van der Waals surface area contributed by atoms with Gasteiger partial charge in [0.05, 0.1) is 12.8 Å². The molecule has 1 aromatic carbocycles. The Kier molecular flexibility index (Phi) is 6.14. The second-order valence-corrected chi connectivity index (χ2v) is 7.16. The minimum absolute atomic E-state index is 0.0929. The smallest absolute Gasteiger partial charge is 0.230 e. The highest BCUT2D eigenvalue weighted by atomic mass is 16.5. The van der Waals surface area contributed by atoms with Gasteiger partial charge in [-0.25, -0.2) is 4.98 Å². The van der Waals surface area contributed by atoms with Crippen LogP contribution in [0.3, 0.4) is 0 Å². The van der Waals surface area contributed by atoms with Crippen molar-refractivity contribution in [3.63, 3.8) is 0 Å². The van der Waals surface area contributed by atoms with Crippen molar-refractivity contribution in [3.8, 4) is 17.0 Å². The topological polar surface area (TPSA) is 68.3 Å². The fraction of sp³-hybridized carbons (Fsp3) is 0.381. The van der Waals surface area contributed by atoms with Crippen LogP contribution in [0.4, 0.5) is 5.82 Å². The summed E-state index contributed by atoms with van der Waals surface area (Å²) >= 11 is 0. The molecule has 0 saturated heterocycles. The third kappa shape index (κ3) is 4.48. The second kappa shape index (κ2) is 8.13. The van der Waals surface area contributed by atoms with Gasteiger partial charge in [-0.2, -0.15) is 0 Å². The van der Waals surface area contributed by atoms with Gasteiger partial charge in [-0.3, -0.25) is 4.79 Å². The predicted octanol–water partition coefficient (Wildman–Crippen LogP) is 4.05. The highest BCUT2D eigenvalue weighted by Gasteiger charge is 2.22. The number of ether oxygens (including phenoxy) is 1. The van der Waals surface area contributed by atoms with Gasteiger partial charge in [0.2, 0.25) is 5.91 Å². The van der Waals surface area contributed by atoms with E-state index < -0.39 is 5.41 Å². The van der Waals surface area contributed by atoms with Gasteiger partial charge in [0.15, 0.2) is 0 Å². The molecule has 1 amide bonds. The first kappa shape index (κ1) is 19.6. The summed E-state index contributed by atoms with van der Waals surface area (Å²) in [7, 11) is 1.60. The minimum Gasteiger partial charge on any atom is -0.496 e. The summed E-state index contributed by atoms with van der Waals surface area (Å²) in [5.41, 5.74) is 3.09. The van der Waals surface area contributed by atoms with Crippen LogP contribution in [0, 0.1) is 5.41 Å². The number of hydrogen-bond donors (Lipinski definition) is 1. The van der Waals surface area contributed by atoms with Crippen molar-refractivity contribution >= 4 is 18.0 Å². The van der Waals surface area contributed by atoms with Crippen LogP contribution in [0.1, 0.15) is 38.8 Å². The Labute approximate surface area is 154 Å². The Morgan fingerprint density at radius 3 is 2.54 bits per heavy atom. The van der Waals surface area contributed by atoms with Gasteiger partial charge in [0.1, 0.15) is 17.9 Å². The van der Waals surface area contributed by atoms with Crippen LogP contribution in [0.5, 0.6) is 5.75 Å². The van der Waals surface area contributed by atoms with Crippen LogP contribution in [-0.2, 0) is 22.4 Å². The fourth-order valence-electron chi connectivity index (χ4n) is 2.60. The van der Waals surface area contributed by atoms with E-state index in [1.807, 2.05) is 52.0 Å². The number of nitrogens with one attached hydrogen (secondary N) is 1. The maximum atomic E-state index is 12.2. The third-order valence-corrected chi connectivity index (χ3v) is 4.15. The molecule has 1 aromatic heterocycles. The summed E-state index contributed by atoms with van der Waals surface area (Å²) in [4.78, 5) is 27.7. The number of benzene rings is 1. The summed E-state index contributed by atoms with van der Waals surface area (Å²) < 4.78 is 5.52. The first-order chi connectivity index (χ1) is 12.3. The molecule has 138 valence electrons. The lowest BCUT2D eigenvalue weighted by Gasteiger charge is -2.18. The first-order valence-electron chi connectivity index (χ1n) is 8.72. The van der Waals surface area contributed by atoms with Crippen molar-refractivity contribution in [2.45, 2.75) is 40.5 Å². The van der Waals surface area contributed by atoms with E-state index in [9.17, 15) is 9.59 Å². The van der Waals surface area contributed by atoms with Gasteiger partial charge in [-0.15, -0.1) is 0 Å². The molecule has 0 fully saturated rings. The number of hydrogen-bond acceptors (Lipinski definition) is 4. The average molecular weight is 354 g/mol. The Hall–Kier alpha value is -2.69. The van der Waals surface area contributed by atoms with Gasteiger partial charge >= 0.3 is 0 Å². The molecule has 0 atom stereocenters. The van der Waals surface area contributed by atoms with E-state index in [-0.39, 0.29) is 5.91 Å². The van der Waals surface area contributed by atoms with E-state index >= 15 is 0 Å². The summed E-state index contributed by atoms with van der Waals surface area (Å²) in [5.74, 6) is 1.06. The summed E-state index contributed by atoms with van der Waals surface area (Å²) in [6.45, 7) is 7.62. The van der Waals surface area contributed by atoms with Gasteiger partial charge in [0, 0.05) is 17.4 Å². The fourth-order valence-corrected chi connectivity index (χ4v) is 2.60. The minimum atomic E-state index is -0.499. The van der Waals surface area contributed by atoms with E-state index in [4.69, 9.17) is 4.74 Å². The molecule has 26 heavy (non-hydrogen) atoms. The molecule has 5 nitrogen and oxygen atoms in total. The van der Waals surface area contributed by atoms with Gasteiger partial charge in [0.25, 0.3) is 0 Å². The molecule has 0 spiro atoms. The third-order valence-electron chi connectivity index (χ3n) is 4.15. The number of rotatable bonds is 6. The van der Waals surface area contributed by atoms with Gasteiger partial charge in [-0.1, -0.05) is 33.8 Å². The molecule has 0 unspecified atom stereocenters. The number of aryl methyl sites for hydroxylation is 1. The normalized spacial score (nSPS) is 11.1. The lowest BCUT2D eigenvalue weighted by molar-refractivity contribution is -0.123. The number of amides is 1. The molecule has 1 N–H and O–H groups in total. The SMILES string of the molecule is CCc1cc(-c2cccc(NC(=O)C(C)(C)C)n2)c(OC)cc1CC=O. The average Bonchev–Trinajstić information content (AvgIpc) is 2.61. The molecule has 2 rings (SSSR count). The van der Waals surface area contributed by atoms with Gasteiger partial charge in [-0.05, 0) is 41.8 Å². The van der Waals surface area contributed by atoms with Crippen molar-refractivity contribution in [1.29, 1.82) is 0 Å². The molecular weight excluding hydrogens is 328 g/mol. The van der Waals surface area contributed by atoms with Crippen LogP contribution in [0.2, 0.25) is 0 Å². The maximum absolute atomic E-state index is 12.2. The zero-order valence-electron chi connectivity index (χ0n) is 16.1. The molecule has 0 bridgehead atoms. The van der Waals surface area contributed by atoms with E-state index in [0.29, 0.717) is 23.7 Å². The number of aromatic nitrogens is 1. The lowest BCUT2D eigenvalue weighted by atomic mass is 9.95. The summed E-state index contributed by atoms with van der Waals surface area (Å²) in [6.07, 6.45) is 2.06. The number of nitrogens with zero attached hydrogens (tertiary/aromatic N) is 1. The van der Waals surface area contributed by atoms with Crippen molar-refractivity contribution in [3.05, 3.63) is 41.5 Å². The molecule has 5 heteroatoms. The van der Waals surface area contributed by atoms with Crippen molar-refractivity contribution in [1.82, 2.24) is 4.98 Å². The van der Waals surface area contributed by atoms with Crippen LogP contribution in [0.15, 0.2) is 30.3 Å². The number of carbonyl (C=O) groups excluding carboxylic acids is 2. The molecule has 0 aliphatic carbocycles. The molecular formula is C21H26N2O3. The van der Waals surface area contributed by atoms with E-state index in [0.717, 1.165) is 29.4 Å². The standard InChI is InChI=1S/C21H26N2O3/c1-6-14-12-16(18(26-5)13-15(14)10-11-24)17-8-7-9-19(22-17)23-20(25)21(2,3)4/h7-9,11-13H,6,10H2,1-5H3,(H,22,23,25). The molecule has 0 aliphatic heterocycles. The molecule has 0 saturated carbocycles. The van der Waals surface area contributed by atoms with Crippen LogP contribution in [-0.4, -0.2) is 24.3 Å². The number of methoxy groups -OCH3 is 1. The first-order valence-corrected chi connectivity index (χ1v) is 8.72. The zero-order chi connectivity index (χ0) is 19.3. The van der Waals surface area contributed by atoms with Crippen LogP contribution >= 0.6 is 0 Å². The predicted molar refractivity (Wildman–Crippen MR) is 103 cm³/mol. The van der Waals surface area contributed by atoms with Crippen LogP contribution < -0.4 is 10.1 Å². The van der Waals surface area contributed by atoms with Crippen molar-refractivity contribution < 1.29 is 14.3 Å². The Morgan fingerprint density at radius 2 is 1.96 bits per heavy atom. The highest BCUT2D eigenvalue weighted by Crippen LogP contribution is 2.33. The number of anilines is 1. The highest BCUT2D eigenvalue weighted by molar-refractivity contribution is 5.94. The molecule has 2 aromatic rings. The molecule has 0 aliphatic rings. The van der Waals surface area contributed by atoms with Crippen LogP contribution in [0.25, 0.3) is 11.3 Å². The van der Waals surface area contributed by atoms with E-state index in [2.05, 4.69) is 10.3 Å². The maximum Gasteiger partial charge on any atom is 0.230 e. The second-order valence-electron chi connectivity index (χ2n) is 7.16. The Morgan fingerprint density at radius 1 is 1.23 bits per heavy atom. The van der Waals surface area contributed by atoms with Gasteiger partial charge < -0.3 is 14.8 Å². The monoisotopic (exact) mass is 354 g/mol.